The largest absolute Gasteiger partial charge is 0.338 e. The number of nitrogens with two attached hydrogens (primary N) is 1. The molecule has 1 aromatic heterocycles. The molecule has 2 N–H and O–H groups in total. The van der Waals surface area contributed by atoms with E-state index in [4.69, 9.17) is 5.73 Å². The number of rotatable bonds is 6. The molecule has 2 atom stereocenters. The maximum Gasteiger partial charge on any atom is 0.255 e. The highest BCUT2D eigenvalue weighted by atomic mass is 16.2. The van der Waals surface area contributed by atoms with Crippen molar-refractivity contribution in [2.75, 3.05) is 40.3 Å². The number of carbonyl (C=O) groups is 1. The Kier molecular flexibility index (Phi) is 4.91. The van der Waals surface area contributed by atoms with Gasteiger partial charge < -0.3 is 15.5 Å². The van der Waals surface area contributed by atoms with Gasteiger partial charge in [-0.3, -0.25) is 9.78 Å². The number of carbonyl (C=O) groups excluding carboxylic acids is 1. The van der Waals surface area contributed by atoms with Gasteiger partial charge in [0, 0.05) is 37.4 Å². The lowest BCUT2D eigenvalue weighted by molar-refractivity contribution is -0.0789. The molecular formula is C20H32N4O. The highest BCUT2D eigenvalue weighted by Gasteiger charge is 2.63. The monoisotopic (exact) mass is 344 g/mol. The van der Waals surface area contributed by atoms with Crippen LogP contribution in [0.4, 0.5) is 0 Å². The van der Waals surface area contributed by atoms with E-state index in [1.165, 1.54) is 6.42 Å². The Bertz CT molecular complexity index is 638. The van der Waals surface area contributed by atoms with E-state index in [1.54, 1.807) is 6.20 Å². The lowest BCUT2D eigenvalue weighted by atomic mass is 9.48. The Balaban J connectivity index is 1.75. The minimum absolute atomic E-state index is 0.130. The van der Waals surface area contributed by atoms with Crippen molar-refractivity contribution in [1.82, 2.24) is 14.8 Å². The summed E-state index contributed by atoms with van der Waals surface area (Å²) in [6, 6.07) is 2.00. The molecule has 0 spiro atoms. The molecule has 2 aliphatic rings. The second kappa shape index (κ2) is 6.69. The molecule has 0 aromatic carbocycles. The van der Waals surface area contributed by atoms with Crippen LogP contribution in [0.2, 0.25) is 0 Å². The van der Waals surface area contributed by atoms with E-state index in [9.17, 15) is 4.79 Å². The van der Waals surface area contributed by atoms with Gasteiger partial charge in [-0.05, 0) is 62.9 Å². The number of likely N-dealkylation sites (tertiary alicyclic amines) is 1. The molecular weight excluding hydrogens is 312 g/mol. The summed E-state index contributed by atoms with van der Waals surface area (Å²) < 4.78 is 0. The van der Waals surface area contributed by atoms with Crippen molar-refractivity contribution in [3.63, 3.8) is 0 Å². The van der Waals surface area contributed by atoms with Crippen LogP contribution in [0.15, 0.2) is 18.5 Å². The number of aryl methyl sites for hydroxylation is 1. The van der Waals surface area contributed by atoms with Crippen LogP contribution in [-0.4, -0.2) is 61.0 Å². The summed E-state index contributed by atoms with van der Waals surface area (Å²) in [5.41, 5.74) is 7.99. The van der Waals surface area contributed by atoms with Crippen LogP contribution in [0, 0.1) is 16.7 Å². The van der Waals surface area contributed by atoms with Gasteiger partial charge in [-0.2, -0.15) is 0 Å². The van der Waals surface area contributed by atoms with E-state index in [0.717, 1.165) is 38.0 Å². The van der Waals surface area contributed by atoms with Gasteiger partial charge in [0.1, 0.15) is 0 Å². The molecule has 1 saturated heterocycles. The molecule has 0 unspecified atom stereocenters. The van der Waals surface area contributed by atoms with Crippen molar-refractivity contribution in [3.05, 3.63) is 29.6 Å². The third-order valence-electron chi connectivity index (χ3n) is 6.03. The lowest BCUT2D eigenvalue weighted by Gasteiger charge is -2.57. The SMILES string of the molecule is CN(C)C[C@@]12CN(C(=O)c3cncc(CCCN)c3)C[C@@H]1C(C)(C)C2. The van der Waals surface area contributed by atoms with Crippen LogP contribution in [-0.2, 0) is 6.42 Å². The number of hydrogen-bond acceptors (Lipinski definition) is 4. The summed E-state index contributed by atoms with van der Waals surface area (Å²) >= 11 is 0. The van der Waals surface area contributed by atoms with Gasteiger partial charge in [-0.1, -0.05) is 13.8 Å². The second-order valence-electron chi connectivity index (χ2n) is 8.98. The third-order valence-corrected chi connectivity index (χ3v) is 6.03. The number of pyridine rings is 1. The first kappa shape index (κ1) is 18.3. The number of amides is 1. The van der Waals surface area contributed by atoms with Gasteiger partial charge >= 0.3 is 0 Å². The molecule has 25 heavy (non-hydrogen) atoms. The molecule has 138 valence electrons. The number of aromatic nitrogens is 1. The van der Waals surface area contributed by atoms with E-state index in [1.807, 2.05) is 12.3 Å². The van der Waals surface area contributed by atoms with E-state index in [-0.39, 0.29) is 11.3 Å². The Morgan fingerprint density at radius 2 is 2.16 bits per heavy atom. The molecule has 5 nitrogen and oxygen atoms in total. The molecule has 2 fully saturated rings. The zero-order valence-corrected chi connectivity index (χ0v) is 16.1. The maximum atomic E-state index is 13.1. The Morgan fingerprint density at radius 3 is 2.80 bits per heavy atom. The third kappa shape index (κ3) is 3.44. The van der Waals surface area contributed by atoms with Gasteiger partial charge in [0.15, 0.2) is 0 Å². The highest BCUT2D eigenvalue weighted by molar-refractivity contribution is 5.94. The van der Waals surface area contributed by atoms with Crippen LogP contribution in [0.5, 0.6) is 0 Å². The zero-order valence-electron chi connectivity index (χ0n) is 16.1. The normalized spacial score (nSPS) is 27.3. The summed E-state index contributed by atoms with van der Waals surface area (Å²) in [4.78, 5) is 21.7. The van der Waals surface area contributed by atoms with E-state index >= 15 is 0 Å². The molecule has 3 rings (SSSR count). The zero-order chi connectivity index (χ0) is 18.2. The molecule has 1 saturated carbocycles. The fraction of sp³-hybridized carbons (Fsp3) is 0.700. The minimum atomic E-state index is 0.130. The van der Waals surface area contributed by atoms with Crippen LogP contribution in [0.3, 0.4) is 0 Å². The molecule has 0 radical (unpaired) electrons. The van der Waals surface area contributed by atoms with Crippen LogP contribution in [0.25, 0.3) is 0 Å². The van der Waals surface area contributed by atoms with Gasteiger partial charge in [0.2, 0.25) is 0 Å². The average molecular weight is 345 g/mol. The number of fused-ring (bicyclic) bond motifs is 1. The van der Waals surface area contributed by atoms with E-state index < -0.39 is 0 Å². The molecule has 1 aliphatic heterocycles. The molecule has 5 heteroatoms. The summed E-state index contributed by atoms with van der Waals surface area (Å²) in [5.74, 6) is 0.713. The van der Waals surface area contributed by atoms with Crippen LogP contribution < -0.4 is 5.73 Å². The predicted molar refractivity (Wildman–Crippen MR) is 100 cm³/mol. The fourth-order valence-corrected chi connectivity index (χ4v) is 5.35. The van der Waals surface area contributed by atoms with Crippen molar-refractivity contribution in [2.45, 2.75) is 33.1 Å². The average Bonchev–Trinajstić information content (AvgIpc) is 2.86. The van der Waals surface area contributed by atoms with E-state index in [0.29, 0.717) is 23.4 Å². The highest BCUT2D eigenvalue weighted by Crippen LogP contribution is 2.62. The first-order valence-corrected chi connectivity index (χ1v) is 9.35. The summed E-state index contributed by atoms with van der Waals surface area (Å²) in [7, 11) is 4.26. The van der Waals surface area contributed by atoms with Crippen LogP contribution in [0.1, 0.15) is 42.6 Å². The summed E-state index contributed by atoms with van der Waals surface area (Å²) in [6.45, 7) is 8.13. The van der Waals surface area contributed by atoms with Gasteiger partial charge in [-0.25, -0.2) is 0 Å². The summed E-state index contributed by atoms with van der Waals surface area (Å²) in [5, 5.41) is 0. The van der Waals surface area contributed by atoms with Crippen molar-refractivity contribution < 1.29 is 4.79 Å². The predicted octanol–water partition coefficient (Wildman–Crippen LogP) is 2.02. The van der Waals surface area contributed by atoms with Crippen LogP contribution >= 0.6 is 0 Å². The maximum absolute atomic E-state index is 13.1. The smallest absolute Gasteiger partial charge is 0.255 e. The standard InChI is InChI=1S/C20H32N4O/c1-19(2)12-20(13-23(3)4)14-24(11-17(19)20)18(25)16-8-15(6-5-7-21)9-22-10-16/h8-10,17H,5-7,11-14,21H2,1-4H3/t17-,20+/m1/s1. The Hall–Kier alpha value is -1.46. The van der Waals surface area contributed by atoms with Crippen molar-refractivity contribution >= 4 is 5.91 Å². The van der Waals surface area contributed by atoms with Gasteiger partial charge in [0.05, 0.1) is 5.56 Å². The van der Waals surface area contributed by atoms with Crippen molar-refractivity contribution in [2.24, 2.45) is 22.5 Å². The molecule has 1 aliphatic carbocycles. The minimum Gasteiger partial charge on any atom is -0.338 e. The van der Waals surface area contributed by atoms with Gasteiger partial charge in [-0.15, -0.1) is 0 Å². The first-order valence-electron chi connectivity index (χ1n) is 9.35. The summed E-state index contributed by atoms with van der Waals surface area (Å²) in [6.07, 6.45) is 6.55. The Labute approximate surface area is 151 Å². The second-order valence-corrected chi connectivity index (χ2v) is 8.98. The molecule has 0 bridgehead atoms. The first-order chi connectivity index (χ1) is 11.8. The van der Waals surface area contributed by atoms with E-state index in [2.05, 4.69) is 42.7 Å². The fourth-order valence-electron chi connectivity index (χ4n) is 5.35. The quantitative estimate of drug-likeness (QED) is 0.858. The number of hydrogen-bond donors (Lipinski definition) is 1. The molecule has 1 amide bonds. The van der Waals surface area contributed by atoms with Gasteiger partial charge in [0.25, 0.3) is 5.91 Å². The number of nitrogens with zero attached hydrogens (tertiary/aromatic N) is 3. The Morgan fingerprint density at radius 1 is 1.40 bits per heavy atom. The molecule has 2 heterocycles. The molecule has 1 aromatic rings. The topological polar surface area (TPSA) is 62.5 Å². The lowest BCUT2D eigenvalue weighted by Crippen LogP contribution is -2.57. The van der Waals surface area contributed by atoms with Crippen molar-refractivity contribution in [3.8, 4) is 0 Å². The van der Waals surface area contributed by atoms with Crippen molar-refractivity contribution in [1.29, 1.82) is 0 Å².